The van der Waals surface area contributed by atoms with Crippen molar-refractivity contribution in [2.24, 2.45) is 5.73 Å². The first-order chi connectivity index (χ1) is 2.56. The Labute approximate surface area is 63.5 Å². The molecule has 1 unspecified atom stereocenters. The molecule has 0 aliphatic carbocycles. The van der Waals surface area contributed by atoms with Crippen LogP contribution < -0.4 is 40.2 Å². The van der Waals surface area contributed by atoms with Crippen molar-refractivity contribution in [3.8, 4) is 0 Å². The first-order valence-electron chi connectivity index (χ1n) is 1.29. The third-order valence-corrected chi connectivity index (χ3v) is 0.692. The number of rotatable bonds is 1. The average Bonchev–Trinajstić information content (AvgIpc) is 1.35. The molecule has 0 spiro atoms. The molecule has 1 atom stereocenters. The molecule has 0 fully saturated rings. The van der Waals surface area contributed by atoms with Crippen LogP contribution in [0.25, 0.3) is 0 Å². The van der Waals surface area contributed by atoms with Gasteiger partial charge in [-0.2, -0.15) is 0 Å². The van der Waals surface area contributed by atoms with E-state index in [0.717, 1.165) is 0 Å². The van der Waals surface area contributed by atoms with E-state index in [1.165, 1.54) is 0 Å². The fraction of sp³-hybridized carbons (Fsp3) is 1.00. The molecule has 0 bridgehead atoms. The first kappa shape index (κ1) is 11.0. The second-order valence-electron chi connectivity index (χ2n) is 0.820. The molecule has 0 saturated heterocycles. The molecule has 7 heavy (non-hydrogen) atoms. The topological polar surface area (TPSA) is 86.4 Å². The van der Waals surface area contributed by atoms with Crippen LogP contribution in [-0.4, -0.2) is 11.2 Å². The Morgan fingerprint density at radius 3 is 2.00 bits per heavy atom. The zero-order valence-corrected chi connectivity index (χ0v) is 6.89. The summed E-state index contributed by atoms with van der Waals surface area (Å²) in [6, 6.07) is 0. The van der Waals surface area contributed by atoms with E-state index in [9.17, 15) is 9.46 Å². The summed E-state index contributed by atoms with van der Waals surface area (Å²) in [4.78, 5) is 17.2. The molecule has 0 radical (unpaired) electrons. The minimum atomic E-state index is -4.12. The largest absolute Gasteiger partial charge is 1.00 e. The molecule has 0 heterocycles. The summed E-state index contributed by atoms with van der Waals surface area (Å²) in [6.45, 7) is 0. The minimum Gasteiger partial charge on any atom is -0.778 e. The van der Waals surface area contributed by atoms with Crippen LogP contribution >= 0.6 is 7.60 Å². The molecular formula is CH5NNaO3P. The molecule has 0 aromatic heterocycles. The quantitative estimate of drug-likeness (QED) is 0.278. The molecule has 4 nitrogen and oxygen atoms in total. The first-order valence-corrected chi connectivity index (χ1v) is 3.05. The van der Waals surface area contributed by atoms with Crippen molar-refractivity contribution in [1.82, 2.24) is 0 Å². The molecular weight excluding hydrogens is 128 g/mol. The van der Waals surface area contributed by atoms with E-state index in [1.807, 2.05) is 0 Å². The van der Waals surface area contributed by atoms with Crippen LogP contribution in [0.2, 0.25) is 0 Å². The van der Waals surface area contributed by atoms with Gasteiger partial charge in [-0.15, -0.1) is 0 Å². The van der Waals surface area contributed by atoms with E-state index < -0.39 is 13.9 Å². The molecule has 0 aromatic carbocycles. The zero-order chi connectivity index (χ0) is 5.21. The van der Waals surface area contributed by atoms with Gasteiger partial charge in [-0.25, -0.2) is 0 Å². The van der Waals surface area contributed by atoms with Gasteiger partial charge in [0.05, 0.1) is 6.29 Å². The van der Waals surface area contributed by atoms with Gasteiger partial charge in [0.1, 0.15) is 7.60 Å². The van der Waals surface area contributed by atoms with Gasteiger partial charge in [0.2, 0.25) is 0 Å². The summed E-state index contributed by atoms with van der Waals surface area (Å²) in [6.07, 6.45) is -0.674. The van der Waals surface area contributed by atoms with E-state index in [1.54, 1.807) is 0 Å². The molecule has 0 rings (SSSR count). The van der Waals surface area contributed by atoms with Gasteiger partial charge in [0.25, 0.3) is 0 Å². The maximum absolute atomic E-state index is 9.46. The van der Waals surface area contributed by atoms with Gasteiger partial charge in [0.15, 0.2) is 0 Å². The van der Waals surface area contributed by atoms with E-state index in [4.69, 9.17) is 4.89 Å². The van der Waals surface area contributed by atoms with E-state index in [2.05, 4.69) is 5.73 Å². The molecule has 6 heteroatoms. The summed E-state index contributed by atoms with van der Waals surface area (Å²) in [5, 5.41) is 0. The number of hydrogen-bond acceptors (Lipinski definition) is 3. The predicted molar refractivity (Wildman–Crippen MR) is 18.9 cm³/mol. The fourth-order valence-corrected chi connectivity index (χ4v) is 0. The predicted octanol–water partition coefficient (Wildman–Crippen LogP) is -4.55. The van der Waals surface area contributed by atoms with Gasteiger partial charge in [0, 0.05) is 0 Å². The average molecular weight is 133 g/mol. The third-order valence-electron chi connectivity index (χ3n) is 0.231. The van der Waals surface area contributed by atoms with Gasteiger partial charge >= 0.3 is 29.6 Å². The number of hydrogen-bond donors (Lipinski definition) is 2. The Morgan fingerprint density at radius 1 is 1.86 bits per heavy atom. The second kappa shape index (κ2) is 4.04. The molecule has 0 aliphatic rings. The smallest absolute Gasteiger partial charge is 0.778 e. The Morgan fingerprint density at radius 2 is 2.00 bits per heavy atom. The van der Waals surface area contributed by atoms with Crippen molar-refractivity contribution in [1.29, 1.82) is 0 Å². The SMILES string of the molecule is NCP(=O)([O-])O.[Na+]. The van der Waals surface area contributed by atoms with Crippen molar-refractivity contribution in [2.75, 3.05) is 6.29 Å². The third kappa shape index (κ3) is 11.0. The van der Waals surface area contributed by atoms with Crippen LogP contribution in [0, 0.1) is 0 Å². The molecule has 3 N–H and O–H groups in total. The van der Waals surface area contributed by atoms with Gasteiger partial charge in [-0.3, -0.25) is 0 Å². The molecule has 0 aromatic rings. The van der Waals surface area contributed by atoms with Crippen LogP contribution in [-0.2, 0) is 4.57 Å². The molecule has 38 valence electrons. The van der Waals surface area contributed by atoms with Crippen LogP contribution in [0.4, 0.5) is 0 Å². The summed E-state index contributed by atoms with van der Waals surface area (Å²) in [7, 11) is -4.12. The normalized spacial score (nSPS) is 17.0. The maximum Gasteiger partial charge on any atom is 1.00 e. The van der Waals surface area contributed by atoms with Crippen molar-refractivity contribution < 1.29 is 43.9 Å². The summed E-state index contributed by atoms with van der Waals surface area (Å²) >= 11 is 0. The van der Waals surface area contributed by atoms with Crippen molar-refractivity contribution in [3.05, 3.63) is 0 Å². The van der Waals surface area contributed by atoms with Crippen molar-refractivity contribution >= 4 is 7.60 Å². The second-order valence-corrected chi connectivity index (χ2v) is 2.46. The Balaban J connectivity index is 0. The van der Waals surface area contributed by atoms with Gasteiger partial charge < -0.3 is 20.1 Å². The number of nitrogens with two attached hydrogens (primary N) is 1. The van der Waals surface area contributed by atoms with Crippen LogP contribution in [0.5, 0.6) is 0 Å². The summed E-state index contributed by atoms with van der Waals surface area (Å²) in [5.41, 5.74) is 4.48. The maximum atomic E-state index is 9.46. The minimum absolute atomic E-state index is 0. The van der Waals surface area contributed by atoms with Crippen LogP contribution in [0.15, 0.2) is 0 Å². The monoisotopic (exact) mass is 133 g/mol. The Hall–Kier alpha value is 1.11. The summed E-state index contributed by atoms with van der Waals surface area (Å²) < 4.78 is 9.46. The van der Waals surface area contributed by atoms with E-state index in [0.29, 0.717) is 0 Å². The summed E-state index contributed by atoms with van der Waals surface area (Å²) in [5.74, 6) is 0. The van der Waals surface area contributed by atoms with Crippen LogP contribution in [0.1, 0.15) is 0 Å². The molecule has 0 aliphatic heterocycles. The van der Waals surface area contributed by atoms with Gasteiger partial charge in [-0.05, 0) is 0 Å². The van der Waals surface area contributed by atoms with E-state index in [-0.39, 0.29) is 29.6 Å². The van der Waals surface area contributed by atoms with Crippen LogP contribution in [0.3, 0.4) is 0 Å². The molecule has 0 amide bonds. The standard InChI is InChI=1S/CH6NO3P.Na/c2-1-6(3,4)5;/h1-2H2,(H2,3,4,5);/q;+1/p-1. The van der Waals surface area contributed by atoms with Crippen molar-refractivity contribution in [2.45, 2.75) is 0 Å². The Kier molecular flexibility index (Phi) is 6.33. The zero-order valence-electron chi connectivity index (χ0n) is 4.00. The van der Waals surface area contributed by atoms with Gasteiger partial charge in [-0.1, -0.05) is 0 Å². The Bertz CT molecular complexity index is 79.0. The van der Waals surface area contributed by atoms with E-state index >= 15 is 0 Å². The van der Waals surface area contributed by atoms with Crippen molar-refractivity contribution in [3.63, 3.8) is 0 Å². The fourth-order valence-electron chi connectivity index (χ4n) is 0. The molecule has 0 saturated carbocycles.